The van der Waals surface area contributed by atoms with Crippen LogP contribution in [0, 0.1) is 5.82 Å². The van der Waals surface area contributed by atoms with Gasteiger partial charge in [-0.1, -0.05) is 29.8 Å². The highest BCUT2D eigenvalue weighted by Crippen LogP contribution is 2.37. The normalized spacial score (nSPS) is 19.1. The van der Waals surface area contributed by atoms with Crippen LogP contribution in [0.3, 0.4) is 0 Å². The second-order valence-electron chi connectivity index (χ2n) is 12.9. The lowest BCUT2D eigenvalue weighted by Crippen LogP contribution is -2.53. The Bertz CT molecular complexity index is 2000. The fourth-order valence-electron chi connectivity index (χ4n) is 7.00. The molecule has 2 aromatic heterocycles. The number of ether oxygens (including phenoxy) is 1. The van der Waals surface area contributed by atoms with Crippen molar-refractivity contribution in [3.05, 3.63) is 98.7 Å². The molecular weight excluding hydrogens is 725 g/mol. The minimum atomic E-state index is -0.862. The monoisotopic (exact) mass is 763 g/mol. The zero-order valence-corrected chi connectivity index (χ0v) is 30.5. The third-order valence-electron chi connectivity index (χ3n) is 9.57. The van der Waals surface area contributed by atoms with Crippen LogP contribution in [0.1, 0.15) is 22.4 Å². The highest BCUT2D eigenvalue weighted by atomic mass is 35.5. The fraction of sp³-hybridized carbons (Fsp3) is 0.361. The van der Waals surface area contributed by atoms with Crippen LogP contribution in [0.4, 0.5) is 14.9 Å². The van der Waals surface area contributed by atoms with Crippen molar-refractivity contribution in [2.75, 3.05) is 71.0 Å². The van der Waals surface area contributed by atoms with E-state index < -0.39 is 17.8 Å². The molecule has 0 radical (unpaired) electrons. The lowest BCUT2D eigenvalue weighted by molar-refractivity contribution is -0.136. The smallest absolute Gasteiger partial charge is 0.338 e. The number of aliphatic hydroxyl groups excluding tert-OH is 2. The Morgan fingerprint density at radius 1 is 1.11 bits per heavy atom. The third-order valence-corrected chi connectivity index (χ3v) is 10.7. The molecule has 4 aromatic rings. The number of fused-ring (bicyclic) bond motifs is 1. The number of hydrogen-bond acceptors (Lipinski definition) is 12. The van der Waals surface area contributed by atoms with E-state index in [0.29, 0.717) is 74.5 Å². The maximum Gasteiger partial charge on any atom is 0.338 e. The van der Waals surface area contributed by atoms with Crippen LogP contribution in [0.5, 0.6) is 0 Å². The van der Waals surface area contributed by atoms with Gasteiger partial charge in [0.25, 0.3) is 0 Å². The summed E-state index contributed by atoms with van der Waals surface area (Å²) in [7, 11) is 1.31. The number of aromatic nitrogens is 3. The Morgan fingerprint density at radius 3 is 2.60 bits per heavy atom. The summed E-state index contributed by atoms with van der Waals surface area (Å²) >= 11 is 7.91. The van der Waals surface area contributed by atoms with Crippen LogP contribution >= 0.6 is 22.9 Å². The number of carbonyl (C=O) groups excluding carboxylic acids is 2. The molecule has 53 heavy (non-hydrogen) atoms. The Morgan fingerprint density at radius 2 is 1.91 bits per heavy atom. The van der Waals surface area contributed by atoms with Crippen molar-refractivity contribution in [2.45, 2.75) is 18.6 Å². The number of imidazole rings is 1. The van der Waals surface area contributed by atoms with Gasteiger partial charge < -0.3 is 30.2 Å². The van der Waals surface area contributed by atoms with E-state index in [1.54, 1.807) is 17.3 Å². The SMILES string of the molecule is COC(=O)C1=C(CN2CCN3C(=O)N(c4ccc(-c5cnc(CN(CCO)CCO)[nH]5)cc4)C[C@@H]3C2)NC(c2nccs2)=N[C@H]1c1ccc(F)cc1Cl. The van der Waals surface area contributed by atoms with E-state index in [-0.39, 0.29) is 35.9 Å². The van der Waals surface area contributed by atoms with Crippen molar-refractivity contribution < 1.29 is 28.9 Å². The molecule has 0 unspecified atom stereocenters. The van der Waals surface area contributed by atoms with Crippen molar-refractivity contribution >= 4 is 46.5 Å². The Labute approximate surface area is 314 Å². The number of nitrogens with one attached hydrogen (secondary N) is 2. The molecule has 2 fully saturated rings. The molecule has 2 amide bonds. The summed E-state index contributed by atoms with van der Waals surface area (Å²) < 4.78 is 19.3. The quantitative estimate of drug-likeness (QED) is 0.149. The number of carbonyl (C=O) groups is 2. The van der Waals surface area contributed by atoms with Crippen LogP contribution in [0.25, 0.3) is 11.3 Å². The van der Waals surface area contributed by atoms with E-state index in [4.69, 9.17) is 21.3 Å². The first kappa shape index (κ1) is 36.6. The van der Waals surface area contributed by atoms with E-state index in [1.165, 1.54) is 36.6 Å². The number of piperazine rings is 1. The van der Waals surface area contributed by atoms with Gasteiger partial charge in [0.2, 0.25) is 0 Å². The predicted octanol–water partition coefficient (Wildman–Crippen LogP) is 3.26. The molecule has 14 nitrogen and oxygen atoms in total. The Hall–Kier alpha value is -4.71. The summed E-state index contributed by atoms with van der Waals surface area (Å²) in [5.74, 6) is 0.107. The molecule has 3 aliphatic heterocycles. The number of benzene rings is 2. The van der Waals surface area contributed by atoms with Crippen molar-refractivity contribution in [3.8, 4) is 11.3 Å². The van der Waals surface area contributed by atoms with Gasteiger partial charge in [0, 0.05) is 79.4 Å². The number of urea groups is 1. The van der Waals surface area contributed by atoms with Crippen LogP contribution < -0.4 is 10.2 Å². The van der Waals surface area contributed by atoms with Crippen molar-refractivity contribution in [1.29, 1.82) is 0 Å². The first-order valence-corrected chi connectivity index (χ1v) is 18.4. The molecule has 2 aromatic carbocycles. The number of esters is 1. The zero-order chi connectivity index (χ0) is 37.1. The molecule has 0 bridgehead atoms. The number of hydrogen-bond donors (Lipinski definition) is 4. The van der Waals surface area contributed by atoms with Gasteiger partial charge in [-0.2, -0.15) is 0 Å². The number of anilines is 1. The number of methoxy groups -OCH3 is 1. The molecule has 2 saturated heterocycles. The van der Waals surface area contributed by atoms with Crippen LogP contribution in [0.15, 0.2) is 76.5 Å². The maximum atomic E-state index is 14.1. The largest absolute Gasteiger partial charge is 0.466 e. The van der Waals surface area contributed by atoms with E-state index in [2.05, 4.69) is 25.2 Å². The van der Waals surface area contributed by atoms with E-state index >= 15 is 0 Å². The molecule has 278 valence electrons. The predicted molar refractivity (Wildman–Crippen MR) is 198 cm³/mol. The third kappa shape index (κ3) is 7.83. The minimum absolute atomic E-state index is 0.00870. The average molecular weight is 764 g/mol. The van der Waals surface area contributed by atoms with Gasteiger partial charge in [-0.3, -0.25) is 19.7 Å². The van der Waals surface area contributed by atoms with Crippen LogP contribution in [-0.4, -0.2) is 130 Å². The lowest BCUT2D eigenvalue weighted by Gasteiger charge is -2.38. The van der Waals surface area contributed by atoms with Gasteiger partial charge in [-0.15, -0.1) is 11.3 Å². The number of aliphatic hydroxyl groups is 2. The zero-order valence-electron chi connectivity index (χ0n) is 28.9. The molecule has 4 N–H and O–H groups in total. The average Bonchev–Trinajstić information content (AvgIpc) is 3.93. The summed E-state index contributed by atoms with van der Waals surface area (Å²) in [5.41, 5.74) is 3.82. The molecule has 2 atom stereocenters. The Kier molecular flexibility index (Phi) is 11.1. The van der Waals surface area contributed by atoms with Gasteiger partial charge in [-0.25, -0.2) is 23.9 Å². The Balaban J connectivity index is 1.07. The van der Waals surface area contributed by atoms with Crippen molar-refractivity contribution in [2.24, 2.45) is 4.99 Å². The number of nitrogens with zero attached hydrogens (tertiary/aromatic N) is 7. The molecule has 0 spiro atoms. The molecule has 3 aliphatic rings. The highest BCUT2D eigenvalue weighted by molar-refractivity contribution is 7.11. The standard InChI is InChI=1S/C36H39ClFN9O5S/c1-52-35(50)31-29(42-33(34-39-8-15-53-34)43-32(31)26-7-4-23(38)16-27(26)37)20-45-9-10-46-25(18-45)19-47(36(46)51)24-5-2-22(3-6-24)28-17-40-30(41-28)21-44(11-13-48)12-14-49/h2-8,15-17,25,32,48-49H,9-14,18-21H2,1H3,(H,40,41)(H,42,43)/t25-,32-/m0/s1. The molecule has 0 aliphatic carbocycles. The number of aliphatic imine (C=N–C) groups is 1. The highest BCUT2D eigenvalue weighted by Gasteiger charge is 2.42. The van der Waals surface area contributed by atoms with E-state index in [9.17, 15) is 24.2 Å². The van der Waals surface area contributed by atoms with E-state index in [1.807, 2.05) is 39.4 Å². The van der Waals surface area contributed by atoms with Crippen LogP contribution in [-0.2, 0) is 16.1 Å². The van der Waals surface area contributed by atoms with E-state index in [0.717, 1.165) is 22.8 Å². The fourth-order valence-corrected chi connectivity index (χ4v) is 7.86. The van der Waals surface area contributed by atoms with Gasteiger partial charge in [0.1, 0.15) is 17.7 Å². The molecular formula is C36H39ClFN9O5S. The summed E-state index contributed by atoms with van der Waals surface area (Å²) in [6.07, 6.45) is 3.42. The molecule has 5 heterocycles. The van der Waals surface area contributed by atoms with Gasteiger partial charge in [0.15, 0.2) is 10.8 Å². The lowest BCUT2D eigenvalue weighted by atomic mass is 9.95. The topological polar surface area (TPSA) is 163 Å². The number of halogens is 2. The first-order chi connectivity index (χ1) is 25.8. The second-order valence-corrected chi connectivity index (χ2v) is 14.2. The molecule has 17 heteroatoms. The number of rotatable bonds is 13. The number of amides is 2. The van der Waals surface area contributed by atoms with Gasteiger partial charge in [-0.05, 0) is 29.8 Å². The number of thiazole rings is 1. The summed E-state index contributed by atoms with van der Waals surface area (Å²) in [6, 6.07) is 10.7. The number of aromatic amines is 1. The summed E-state index contributed by atoms with van der Waals surface area (Å²) in [5, 5.41) is 24.6. The van der Waals surface area contributed by atoms with Gasteiger partial charge >= 0.3 is 12.0 Å². The number of H-pyrrole nitrogens is 1. The first-order valence-electron chi connectivity index (χ1n) is 17.2. The summed E-state index contributed by atoms with van der Waals surface area (Å²) in [6.45, 7) is 3.77. The molecule has 7 rings (SSSR count). The van der Waals surface area contributed by atoms with Crippen LogP contribution in [0.2, 0.25) is 5.02 Å². The number of amidine groups is 1. The summed E-state index contributed by atoms with van der Waals surface area (Å²) in [4.78, 5) is 51.8. The minimum Gasteiger partial charge on any atom is -0.466 e. The molecule has 0 saturated carbocycles. The maximum absolute atomic E-state index is 14.1. The second kappa shape index (κ2) is 16.1. The van der Waals surface area contributed by atoms with Gasteiger partial charge in [0.05, 0.1) is 50.4 Å². The van der Waals surface area contributed by atoms with Crippen molar-refractivity contribution in [3.63, 3.8) is 0 Å². The van der Waals surface area contributed by atoms with Crippen molar-refractivity contribution in [1.82, 2.24) is 35.0 Å².